The van der Waals surface area contributed by atoms with Crippen molar-refractivity contribution in [1.29, 1.82) is 0 Å². The molecule has 2 fully saturated rings. The molecular formula is C24H43N3O3. The van der Waals surface area contributed by atoms with Gasteiger partial charge in [-0.25, -0.2) is 0 Å². The van der Waals surface area contributed by atoms with E-state index < -0.39 is 6.04 Å². The van der Waals surface area contributed by atoms with Crippen molar-refractivity contribution in [1.82, 2.24) is 15.1 Å². The van der Waals surface area contributed by atoms with Crippen molar-refractivity contribution >= 4 is 17.7 Å². The minimum atomic E-state index is -0.467. The van der Waals surface area contributed by atoms with Crippen LogP contribution in [0.25, 0.3) is 0 Å². The highest BCUT2D eigenvalue weighted by atomic mass is 16.2. The molecule has 1 aliphatic carbocycles. The van der Waals surface area contributed by atoms with Crippen LogP contribution < -0.4 is 5.32 Å². The summed E-state index contributed by atoms with van der Waals surface area (Å²) in [6.07, 6.45) is 7.80. The summed E-state index contributed by atoms with van der Waals surface area (Å²) in [5.74, 6) is 0.533. The number of rotatable bonds is 10. The summed E-state index contributed by atoms with van der Waals surface area (Å²) in [6.45, 7) is 12.0. The molecule has 1 heterocycles. The van der Waals surface area contributed by atoms with Crippen LogP contribution in [-0.4, -0.2) is 59.2 Å². The van der Waals surface area contributed by atoms with Crippen molar-refractivity contribution in [3.8, 4) is 0 Å². The molecule has 30 heavy (non-hydrogen) atoms. The molecule has 0 aromatic rings. The van der Waals surface area contributed by atoms with E-state index in [2.05, 4.69) is 26.1 Å². The van der Waals surface area contributed by atoms with Gasteiger partial charge in [0, 0.05) is 37.5 Å². The van der Waals surface area contributed by atoms with Gasteiger partial charge in [0.15, 0.2) is 0 Å². The number of nitrogens with one attached hydrogen (secondary N) is 1. The fraction of sp³-hybridized carbons (Fsp3) is 0.875. The Morgan fingerprint density at radius 1 is 1.03 bits per heavy atom. The molecular weight excluding hydrogens is 378 g/mol. The maximum absolute atomic E-state index is 13.3. The van der Waals surface area contributed by atoms with Gasteiger partial charge in [0.25, 0.3) is 0 Å². The lowest BCUT2D eigenvalue weighted by atomic mass is 9.84. The van der Waals surface area contributed by atoms with E-state index in [1.165, 1.54) is 0 Å². The molecule has 1 saturated carbocycles. The van der Waals surface area contributed by atoms with Crippen LogP contribution in [-0.2, 0) is 14.4 Å². The Balaban J connectivity index is 1.99. The lowest BCUT2D eigenvalue weighted by Crippen LogP contribution is -2.61. The molecule has 0 spiro atoms. The van der Waals surface area contributed by atoms with Crippen LogP contribution in [0.2, 0.25) is 0 Å². The smallest absolute Gasteiger partial charge is 0.245 e. The normalized spacial score (nSPS) is 22.8. The first kappa shape index (κ1) is 24.7. The van der Waals surface area contributed by atoms with Crippen LogP contribution in [0.15, 0.2) is 0 Å². The first-order valence-electron chi connectivity index (χ1n) is 12.2. The Kier molecular flexibility index (Phi) is 9.63. The number of amides is 3. The van der Waals surface area contributed by atoms with E-state index in [0.29, 0.717) is 19.6 Å². The minimum absolute atomic E-state index is 0.00536. The third kappa shape index (κ3) is 5.98. The molecule has 1 saturated heterocycles. The Bertz CT molecular complexity index is 590. The van der Waals surface area contributed by atoms with Gasteiger partial charge in [-0.2, -0.15) is 0 Å². The van der Waals surface area contributed by atoms with Gasteiger partial charge in [-0.1, -0.05) is 53.4 Å². The van der Waals surface area contributed by atoms with Gasteiger partial charge in [0.05, 0.1) is 0 Å². The second-order valence-corrected chi connectivity index (χ2v) is 9.41. The highest BCUT2D eigenvalue weighted by Gasteiger charge is 2.37. The van der Waals surface area contributed by atoms with E-state index in [0.717, 1.165) is 51.4 Å². The lowest BCUT2D eigenvalue weighted by molar-refractivity contribution is -0.148. The third-order valence-electron chi connectivity index (χ3n) is 7.22. The second-order valence-electron chi connectivity index (χ2n) is 9.41. The molecule has 4 unspecified atom stereocenters. The first-order chi connectivity index (χ1) is 14.3. The fourth-order valence-electron chi connectivity index (χ4n) is 4.49. The van der Waals surface area contributed by atoms with Crippen LogP contribution in [0.4, 0.5) is 0 Å². The molecule has 2 aliphatic rings. The van der Waals surface area contributed by atoms with Crippen molar-refractivity contribution < 1.29 is 14.4 Å². The van der Waals surface area contributed by atoms with Crippen molar-refractivity contribution in [2.75, 3.05) is 19.6 Å². The molecule has 1 aliphatic heterocycles. The van der Waals surface area contributed by atoms with E-state index in [4.69, 9.17) is 0 Å². The zero-order chi connectivity index (χ0) is 22.3. The summed E-state index contributed by atoms with van der Waals surface area (Å²) in [4.78, 5) is 42.7. The Morgan fingerprint density at radius 2 is 1.73 bits per heavy atom. The highest BCUT2D eigenvalue weighted by Crippen LogP contribution is 2.27. The first-order valence-corrected chi connectivity index (χ1v) is 12.2. The number of unbranched alkanes of at least 4 members (excludes halogenated alkanes) is 1. The maximum Gasteiger partial charge on any atom is 0.245 e. The summed E-state index contributed by atoms with van der Waals surface area (Å²) in [5, 5.41) is 3.06. The van der Waals surface area contributed by atoms with Gasteiger partial charge in [-0.3, -0.25) is 14.4 Å². The van der Waals surface area contributed by atoms with Gasteiger partial charge in [0.1, 0.15) is 6.04 Å². The Labute approximate surface area is 183 Å². The molecule has 6 nitrogen and oxygen atoms in total. The average Bonchev–Trinajstić information content (AvgIpc) is 2.69. The number of nitrogens with zero attached hydrogens (tertiary/aromatic N) is 2. The maximum atomic E-state index is 13.3. The monoisotopic (exact) mass is 421 g/mol. The van der Waals surface area contributed by atoms with Crippen molar-refractivity contribution in [3.05, 3.63) is 0 Å². The van der Waals surface area contributed by atoms with Gasteiger partial charge in [-0.15, -0.1) is 0 Å². The quantitative estimate of drug-likeness (QED) is 0.586. The predicted octanol–water partition coefficient (Wildman–Crippen LogP) is 3.59. The van der Waals surface area contributed by atoms with Gasteiger partial charge < -0.3 is 15.1 Å². The highest BCUT2D eigenvalue weighted by molar-refractivity contribution is 5.89. The number of hydrogen-bond donors (Lipinski definition) is 1. The zero-order valence-electron chi connectivity index (χ0n) is 19.8. The molecule has 1 N–H and O–H groups in total. The summed E-state index contributed by atoms with van der Waals surface area (Å²) in [6, 6.07) is -0.462. The topological polar surface area (TPSA) is 69.7 Å². The molecule has 0 bridgehead atoms. The summed E-state index contributed by atoms with van der Waals surface area (Å²) in [5.41, 5.74) is 0. The molecule has 2 rings (SSSR count). The number of hydrogen-bond acceptors (Lipinski definition) is 3. The lowest BCUT2D eigenvalue weighted by Gasteiger charge is -2.43. The van der Waals surface area contributed by atoms with E-state index in [9.17, 15) is 14.4 Å². The van der Waals surface area contributed by atoms with E-state index in [1.807, 2.05) is 23.6 Å². The Hall–Kier alpha value is -1.59. The molecule has 4 atom stereocenters. The van der Waals surface area contributed by atoms with Gasteiger partial charge in [-0.05, 0) is 38.5 Å². The van der Waals surface area contributed by atoms with E-state index in [-0.39, 0.29) is 41.5 Å². The van der Waals surface area contributed by atoms with Crippen molar-refractivity contribution in [2.45, 2.75) is 98.1 Å². The molecule has 0 radical (unpaired) electrons. The molecule has 0 aromatic heterocycles. The van der Waals surface area contributed by atoms with Gasteiger partial charge in [0.2, 0.25) is 17.7 Å². The van der Waals surface area contributed by atoms with Crippen molar-refractivity contribution in [2.24, 2.45) is 17.8 Å². The van der Waals surface area contributed by atoms with Crippen LogP contribution in [0.3, 0.4) is 0 Å². The second kappa shape index (κ2) is 11.7. The molecule has 0 aromatic carbocycles. The minimum Gasteiger partial charge on any atom is -0.344 e. The number of piperazine rings is 1. The van der Waals surface area contributed by atoms with Crippen LogP contribution in [0.5, 0.6) is 0 Å². The largest absolute Gasteiger partial charge is 0.344 e. The number of carbonyl (C=O) groups excluding carboxylic acids is 3. The summed E-state index contributed by atoms with van der Waals surface area (Å²) >= 11 is 0. The average molecular weight is 422 g/mol. The Morgan fingerprint density at radius 3 is 2.23 bits per heavy atom. The van der Waals surface area contributed by atoms with Crippen LogP contribution in [0.1, 0.15) is 86.0 Å². The predicted molar refractivity (Wildman–Crippen MR) is 120 cm³/mol. The van der Waals surface area contributed by atoms with E-state index >= 15 is 0 Å². The molecule has 172 valence electrons. The van der Waals surface area contributed by atoms with Crippen LogP contribution >= 0.6 is 0 Å². The van der Waals surface area contributed by atoms with E-state index in [1.54, 1.807) is 0 Å². The van der Waals surface area contributed by atoms with Crippen LogP contribution in [0, 0.1) is 17.8 Å². The van der Waals surface area contributed by atoms with Gasteiger partial charge >= 0.3 is 0 Å². The SMILES string of the molecule is CCCCC(CC)C(=O)N1CCN(C(=O)C(NC(=O)C2CCC2)C(C)CC)CC1C. The third-order valence-corrected chi connectivity index (χ3v) is 7.22. The van der Waals surface area contributed by atoms with Crippen molar-refractivity contribution in [3.63, 3.8) is 0 Å². The molecule has 6 heteroatoms. The standard InChI is InChI=1S/C24H43N3O3/c1-6-9-11-19(8-3)23(29)27-15-14-26(16-18(27)5)24(30)21(17(4)7-2)25-22(28)20-12-10-13-20/h17-21H,6-16H2,1-5H3,(H,25,28). The summed E-state index contributed by atoms with van der Waals surface area (Å²) < 4.78 is 0. The zero-order valence-corrected chi connectivity index (χ0v) is 19.8. The number of carbonyl (C=O) groups is 3. The summed E-state index contributed by atoms with van der Waals surface area (Å²) in [7, 11) is 0. The fourth-order valence-corrected chi connectivity index (χ4v) is 4.49. The molecule has 3 amide bonds.